The molecule has 11 heteroatoms. The molecule has 0 saturated carbocycles. The summed E-state index contributed by atoms with van der Waals surface area (Å²) in [6.45, 7) is 0. The van der Waals surface area contributed by atoms with E-state index < -0.39 is 19.9 Å². The Balaban J connectivity index is 1.89. The van der Waals surface area contributed by atoms with E-state index in [4.69, 9.17) is 0 Å². The summed E-state index contributed by atoms with van der Waals surface area (Å²) in [6, 6.07) is -0.352. The van der Waals surface area contributed by atoms with Crippen molar-refractivity contribution in [1.29, 1.82) is 0 Å². The Bertz CT molecular complexity index is 738. The average Bonchev–Trinajstić information content (AvgIpc) is 2.83. The molecule has 21 heavy (non-hydrogen) atoms. The number of nitrogens with one attached hydrogen (secondary N) is 2. The van der Waals surface area contributed by atoms with Crippen LogP contribution in [0.3, 0.4) is 0 Å². The number of sulfone groups is 1. The van der Waals surface area contributed by atoms with Crippen LogP contribution in [0.15, 0.2) is 5.38 Å². The number of hydrogen-bond donors (Lipinski definition) is 2. The number of nitrogens with zero attached hydrogens (tertiary/aromatic N) is 1. The second-order valence-electron chi connectivity index (χ2n) is 4.86. The maximum atomic E-state index is 11.8. The van der Waals surface area contributed by atoms with Gasteiger partial charge in [-0.25, -0.2) is 21.8 Å². The number of hydrogen-bond acceptors (Lipinski definition) is 7. The largest absolute Gasteiger partial charge is 0.352 e. The second-order valence-corrected chi connectivity index (χ2v) is 9.70. The molecule has 118 valence electrons. The molecule has 0 unspecified atom stereocenters. The van der Waals surface area contributed by atoms with Gasteiger partial charge in [0.05, 0.1) is 29.9 Å². The van der Waals surface area contributed by atoms with Crippen molar-refractivity contribution in [3.05, 3.63) is 11.1 Å². The molecule has 1 amide bonds. The number of carbonyl (C=O) groups excluding carboxylic acids is 1. The van der Waals surface area contributed by atoms with Crippen LogP contribution in [0, 0.1) is 0 Å². The first-order valence-corrected chi connectivity index (χ1v) is 10.6. The van der Waals surface area contributed by atoms with Crippen LogP contribution in [0.2, 0.25) is 0 Å². The van der Waals surface area contributed by atoms with E-state index in [-0.39, 0.29) is 35.0 Å². The van der Waals surface area contributed by atoms with Crippen LogP contribution >= 0.6 is 11.3 Å². The van der Waals surface area contributed by atoms with Gasteiger partial charge in [-0.15, -0.1) is 11.3 Å². The lowest BCUT2D eigenvalue weighted by Gasteiger charge is -2.09. The summed E-state index contributed by atoms with van der Waals surface area (Å²) in [6.07, 6.45) is 1.42. The first-order chi connectivity index (χ1) is 9.63. The first-order valence-electron chi connectivity index (χ1n) is 6.05. The number of thiazole rings is 1. The van der Waals surface area contributed by atoms with E-state index in [1.54, 1.807) is 5.38 Å². The fourth-order valence-electron chi connectivity index (χ4n) is 1.95. The van der Waals surface area contributed by atoms with Crippen LogP contribution in [0.1, 0.15) is 12.1 Å². The van der Waals surface area contributed by atoms with E-state index in [1.807, 2.05) is 0 Å². The summed E-state index contributed by atoms with van der Waals surface area (Å²) < 4.78 is 46.9. The molecule has 2 heterocycles. The van der Waals surface area contributed by atoms with E-state index >= 15 is 0 Å². The van der Waals surface area contributed by atoms with Crippen molar-refractivity contribution in [3.8, 4) is 0 Å². The third-order valence-corrected chi connectivity index (χ3v) is 6.03. The monoisotopic (exact) mass is 353 g/mol. The van der Waals surface area contributed by atoms with Gasteiger partial charge < -0.3 is 5.32 Å². The lowest BCUT2D eigenvalue weighted by atomic mass is 10.2. The van der Waals surface area contributed by atoms with Crippen LogP contribution in [0.4, 0.5) is 5.13 Å². The summed E-state index contributed by atoms with van der Waals surface area (Å²) in [7, 11) is -6.43. The zero-order valence-electron chi connectivity index (χ0n) is 11.2. The normalized spacial score (nSPS) is 21.1. The van der Waals surface area contributed by atoms with Gasteiger partial charge in [-0.1, -0.05) is 0 Å². The number of aromatic nitrogens is 1. The fraction of sp³-hybridized carbons (Fsp3) is 0.600. The van der Waals surface area contributed by atoms with Crippen molar-refractivity contribution in [2.75, 3.05) is 22.5 Å². The molecule has 2 rings (SSSR count). The highest BCUT2D eigenvalue weighted by Crippen LogP contribution is 2.17. The molecule has 0 aliphatic carbocycles. The molecule has 1 aromatic heterocycles. The van der Waals surface area contributed by atoms with Gasteiger partial charge >= 0.3 is 0 Å². The van der Waals surface area contributed by atoms with Crippen LogP contribution in [-0.4, -0.2) is 51.5 Å². The Morgan fingerprint density at radius 2 is 2.24 bits per heavy atom. The summed E-state index contributed by atoms with van der Waals surface area (Å²) >= 11 is 1.08. The average molecular weight is 353 g/mol. The third kappa shape index (κ3) is 5.25. The molecule has 1 atom stereocenters. The molecule has 0 spiro atoms. The molecule has 2 N–H and O–H groups in total. The molecule has 1 fully saturated rings. The summed E-state index contributed by atoms with van der Waals surface area (Å²) in [5, 5.41) is 4.43. The van der Waals surface area contributed by atoms with Gasteiger partial charge in [0.15, 0.2) is 15.0 Å². The number of rotatable bonds is 5. The maximum absolute atomic E-state index is 11.8. The molecule has 1 saturated heterocycles. The molecule has 0 bridgehead atoms. The van der Waals surface area contributed by atoms with Gasteiger partial charge in [-0.3, -0.25) is 9.52 Å². The lowest BCUT2D eigenvalue weighted by molar-refractivity contribution is -0.121. The minimum Gasteiger partial charge on any atom is -0.352 e. The second kappa shape index (κ2) is 5.89. The SMILES string of the molecule is CS(=O)(=O)Nc1nc(CC(=O)N[C@H]2CCS(=O)(=O)C2)cs1. The molecule has 0 aromatic carbocycles. The van der Waals surface area contributed by atoms with E-state index in [0.29, 0.717) is 12.1 Å². The molecular formula is C10H15N3O5S3. The molecular weight excluding hydrogens is 338 g/mol. The van der Waals surface area contributed by atoms with Gasteiger partial charge in [0.25, 0.3) is 0 Å². The third-order valence-electron chi connectivity index (χ3n) is 2.76. The highest BCUT2D eigenvalue weighted by Gasteiger charge is 2.28. The van der Waals surface area contributed by atoms with E-state index in [9.17, 15) is 21.6 Å². The van der Waals surface area contributed by atoms with Crippen molar-refractivity contribution in [3.63, 3.8) is 0 Å². The summed E-state index contributed by atoms with van der Waals surface area (Å²) in [5.74, 6) is -0.262. The molecule has 1 aliphatic rings. The number of sulfonamides is 1. The van der Waals surface area contributed by atoms with Crippen molar-refractivity contribution >= 4 is 42.2 Å². The Morgan fingerprint density at radius 3 is 2.81 bits per heavy atom. The van der Waals surface area contributed by atoms with Crippen molar-refractivity contribution < 1.29 is 21.6 Å². The standard InChI is InChI=1S/C10H15N3O5S3/c1-20(15,16)13-10-12-8(5-19-10)4-9(14)11-7-2-3-21(17,18)6-7/h5,7H,2-4,6H2,1H3,(H,11,14)(H,12,13)/t7-/m0/s1. The molecule has 0 radical (unpaired) electrons. The Morgan fingerprint density at radius 1 is 1.52 bits per heavy atom. The Labute approximate surface area is 126 Å². The van der Waals surface area contributed by atoms with Crippen LogP contribution in [-0.2, 0) is 31.1 Å². The van der Waals surface area contributed by atoms with Gasteiger partial charge in [0.2, 0.25) is 15.9 Å². The van der Waals surface area contributed by atoms with Gasteiger partial charge in [-0.2, -0.15) is 0 Å². The highest BCUT2D eigenvalue weighted by atomic mass is 32.2. The topological polar surface area (TPSA) is 122 Å². The van der Waals surface area contributed by atoms with E-state index in [1.165, 1.54) is 0 Å². The van der Waals surface area contributed by atoms with E-state index in [0.717, 1.165) is 17.6 Å². The van der Waals surface area contributed by atoms with Crippen LogP contribution < -0.4 is 10.0 Å². The highest BCUT2D eigenvalue weighted by molar-refractivity contribution is 7.92. The number of anilines is 1. The fourth-order valence-corrected chi connectivity index (χ4v) is 5.18. The zero-order chi connectivity index (χ0) is 15.7. The van der Waals surface area contributed by atoms with Crippen molar-refractivity contribution in [1.82, 2.24) is 10.3 Å². The Hall–Kier alpha value is -1.20. The van der Waals surface area contributed by atoms with Gasteiger partial charge in [0.1, 0.15) is 0 Å². The van der Waals surface area contributed by atoms with E-state index in [2.05, 4.69) is 15.0 Å². The number of carbonyl (C=O) groups is 1. The summed E-state index contributed by atoms with van der Waals surface area (Å²) in [5.41, 5.74) is 0.435. The minimum absolute atomic E-state index is 0.0154. The van der Waals surface area contributed by atoms with Crippen molar-refractivity contribution in [2.24, 2.45) is 0 Å². The first kappa shape index (κ1) is 16.2. The maximum Gasteiger partial charge on any atom is 0.231 e. The Kier molecular flexibility index (Phi) is 4.54. The van der Waals surface area contributed by atoms with Crippen LogP contribution in [0.25, 0.3) is 0 Å². The predicted octanol–water partition coefficient (Wildman–Crippen LogP) is -0.640. The van der Waals surface area contributed by atoms with Gasteiger partial charge in [-0.05, 0) is 6.42 Å². The van der Waals surface area contributed by atoms with Crippen molar-refractivity contribution in [2.45, 2.75) is 18.9 Å². The predicted molar refractivity (Wildman–Crippen MR) is 79.5 cm³/mol. The lowest BCUT2D eigenvalue weighted by Crippen LogP contribution is -2.36. The van der Waals surface area contributed by atoms with Crippen LogP contribution in [0.5, 0.6) is 0 Å². The molecule has 1 aromatic rings. The molecule has 1 aliphatic heterocycles. The summed E-state index contributed by atoms with van der Waals surface area (Å²) in [4.78, 5) is 15.8. The van der Waals surface area contributed by atoms with Gasteiger partial charge in [0, 0.05) is 11.4 Å². The smallest absolute Gasteiger partial charge is 0.231 e. The molecule has 8 nitrogen and oxygen atoms in total. The number of amides is 1. The quantitative estimate of drug-likeness (QED) is 0.726. The zero-order valence-corrected chi connectivity index (χ0v) is 13.6. The minimum atomic E-state index is -3.39.